The van der Waals surface area contributed by atoms with Crippen LogP contribution in [0.2, 0.25) is 0 Å². The SMILES string of the molecule is CCOC(c1nc(CNC(C)(C)C)cc(=O)[nH]1)C(C)C. The third-order valence-corrected chi connectivity index (χ3v) is 2.83. The Bertz CT molecular complexity index is 475. The van der Waals surface area contributed by atoms with Gasteiger partial charge in [0.25, 0.3) is 5.56 Å². The monoisotopic (exact) mass is 281 g/mol. The van der Waals surface area contributed by atoms with Crippen molar-refractivity contribution in [1.82, 2.24) is 15.3 Å². The Morgan fingerprint density at radius 3 is 2.55 bits per heavy atom. The van der Waals surface area contributed by atoms with Crippen LogP contribution in [-0.2, 0) is 11.3 Å². The van der Waals surface area contributed by atoms with E-state index in [1.165, 1.54) is 6.07 Å². The molecule has 20 heavy (non-hydrogen) atoms. The van der Waals surface area contributed by atoms with Gasteiger partial charge in [-0.05, 0) is 33.6 Å². The molecular formula is C15H27N3O2. The van der Waals surface area contributed by atoms with Crippen molar-refractivity contribution in [3.63, 3.8) is 0 Å². The number of nitrogens with zero attached hydrogens (tertiary/aromatic N) is 1. The lowest BCUT2D eigenvalue weighted by Crippen LogP contribution is -2.36. The van der Waals surface area contributed by atoms with E-state index >= 15 is 0 Å². The number of nitrogens with one attached hydrogen (secondary N) is 2. The van der Waals surface area contributed by atoms with Gasteiger partial charge in [0.05, 0.1) is 5.69 Å². The summed E-state index contributed by atoms with van der Waals surface area (Å²) in [5.41, 5.74) is 0.594. The summed E-state index contributed by atoms with van der Waals surface area (Å²) in [5, 5.41) is 3.34. The van der Waals surface area contributed by atoms with Crippen LogP contribution in [0.5, 0.6) is 0 Å². The predicted molar refractivity (Wildman–Crippen MR) is 80.7 cm³/mol. The molecule has 0 aliphatic heterocycles. The van der Waals surface area contributed by atoms with E-state index in [0.29, 0.717) is 19.0 Å². The lowest BCUT2D eigenvalue weighted by atomic mass is 10.1. The number of aromatic amines is 1. The largest absolute Gasteiger partial charge is 0.370 e. The third kappa shape index (κ3) is 5.43. The fraction of sp³-hybridized carbons (Fsp3) is 0.733. The van der Waals surface area contributed by atoms with Crippen LogP contribution in [0.15, 0.2) is 10.9 Å². The minimum Gasteiger partial charge on any atom is -0.370 e. The summed E-state index contributed by atoms with van der Waals surface area (Å²) in [5.74, 6) is 0.865. The number of hydrogen-bond donors (Lipinski definition) is 2. The Balaban J connectivity index is 2.98. The Labute approximate surface area is 121 Å². The molecule has 0 fully saturated rings. The van der Waals surface area contributed by atoms with Crippen molar-refractivity contribution in [3.05, 3.63) is 27.9 Å². The molecule has 114 valence electrons. The predicted octanol–water partition coefficient (Wildman–Crippen LogP) is 2.39. The second-order valence-electron chi connectivity index (χ2n) is 6.35. The van der Waals surface area contributed by atoms with Crippen molar-refractivity contribution in [2.75, 3.05) is 6.61 Å². The second-order valence-corrected chi connectivity index (χ2v) is 6.35. The minimum atomic E-state index is -0.178. The lowest BCUT2D eigenvalue weighted by Gasteiger charge is -2.22. The normalized spacial score (nSPS) is 13.8. The van der Waals surface area contributed by atoms with Crippen LogP contribution < -0.4 is 10.9 Å². The van der Waals surface area contributed by atoms with E-state index in [9.17, 15) is 4.79 Å². The van der Waals surface area contributed by atoms with Gasteiger partial charge in [0.15, 0.2) is 0 Å². The van der Waals surface area contributed by atoms with Gasteiger partial charge < -0.3 is 15.0 Å². The molecule has 1 unspecified atom stereocenters. The standard InChI is InChI=1S/C15H27N3O2/c1-7-20-13(10(2)3)14-17-11(8-12(19)18-14)9-16-15(4,5)6/h8,10,13,16H,7,9H2,1-6H3,(H,17,18,19). The molecule has 2 N–H and O–H groups in total. The Morgan fingerprint density at radius 2 is 2.05 bits per heavy atom. The van der Waals surface area contributed by atoms with Gasteiger partial charge in [-0.15, -0.1) is 0 Å². The molecule has 0 saturated heterocycles. The highest BCUT2D eigenvalue weighted by atomic mass is 16.5. The molecule has 1 rings (SSSR count). The number of rotatable bonds is 6. The summed E-state index contributed by atoms with van der Waals surface area (Å²) in [7, 11) is 0. The molecule has 0 aromatic carbocycles. The first-order valence-corrected chi connectivity index (χ1v) is 7.19. The van der Waals surface area contributed by atoms with Crippen LogP contribution in [-0.4, -0.2) is 22.1 Å². The molecular weight excluding hydrogens is 254 g/mol. The van der Waals surface area contributed by atoms with Gasteiger partial charge in [0.2, 0.25) is 0 Å². The average Bonchev–Trinajstić information content (AvgIpc) is 2.31. The maximum atomic E-state index is 11.8. The maximum absolute atomic E-state index is 11.8. The van der Waals surface area contributed by atoms with Gasteiger partial charge in [0, 0.05) is 24.8 Å². The molecule has 1 aromatic heterocycles. The van der Waals surface area contributed by atoms with Crippen molar-refractivity contribution >= 4 is 0 Å². The first kappa shape index (κ1) is 16.9. The Kier molecular flexibility index (Phi) is 5.89. The highest BCUT2D eigenvalue weighted by Gasteiger charge is 2.19. The van der Waals surface area contributed by atoms with Crippen LogP contribution in [0.25, 0.3) is 0 Å². The summed E-state index contributed by atoms with van der Waals surface area (Å²) in [6.07, 6.45) is -0.178. The molecule has 0 radical (unpaired) electrons. The van der Waals surface area contributed by atoms with Crippen molar-refractivity contribution in [3.8, 4) is 0 Å². The maximum Gasteiger partial charge on any atom is 0.251 e. The van der Waals surface area contributed by atoms with Crippen LogP contribution in [0.1, 0.15) is 59.2 Å². The molecule has 5 heteroatoms. The van der Waals surface area contributed by atoms with Crippen LogP contribution >= 0.6 is 0 Å². The second kappa shape index (κ2) is 6.99. The van der Waals surface area contributed by atoms with Crippen LogP contribution in [0.4, 0.5) is 0 Å². The van der Waals surface area contributed by atoms with E-state index in [1.54, 1.807) is 0 Å². The van der Waals surface area contributed by atoms with Gasteiger partial charge in [-0.25, -0.2) is 4.98 Å². The fourth-order valence-corrected chi connectivity index (χ4v) is 1.88. The highest BCUT2D eigenvalue weighted by Crippen LogP contribution is 2.22. The van der Waals surface area contributed by atoms with Crippen molar-refractivity contribution < 1.29 is 4.74 Å². The van der Waals surface area contributed by atoms with Gasteiger partial charge in [-0.2, -0.15) is 0 Å². The molecule has 0 spiro atoms. The zero-order valence-electron chi connectivity index (χ0n) is 13.4. The molecule has 0 aliphatic rings. The smallest absolute Gasteiger partial charge is 0.251 e. The Morgan fingerprint density at radius 1 is 1.40 bits per heavy atom. The summed E-state index contributed by atoms with van der Waals surface area (Å²) >= 11 is 0. The van der Waals surface area contributed by atoms with E-state index in [-0.39, 0.29) is 23.1 Å². The zero-order chi connectivity index (χ0) is 15.3. The summed E-state index contributed by atoms with van der Waals surface area (Å²) in [4.78, 5) is 19.1. The lowest BCUT2D eigenvalue weighted by molar-refractivity contribution is 0.0228. The van der Waals surface area contributed by atoms with Crippen molar-refractivity contribution in [1.29, 1.82) is 0 Å². The first-order chi connectivity index (χ1) is 9.23. The summed E-state index contributed by atoms with van der Waals surface area (Å²) in [6.45, 7) is 13.5. The molecule has 0 amide bonds. The number of hydrogen-bond acceptors (Lipinski definition) is 4. The summed E-state index contributed by atoms with van der Waals surface area (Å²) < 4.78 is 5.69. The minimum absolute atomic E-state index is 0.0121. The summed E-state index contributed by atoms with van der Waals surface area (Å²) in [6, 6.07) is 1.53. The zero-order valence-corrected chi connectivity index (χ0v) is 13.4. The van der Waals surface area contributed by atoms with E-state index < -0.39 is 0 Å². The van der Waals surface area contributed by atoms with Crippen LogP contribution in [0.3, 0.4) is 0 Å². The van der Waals surface area contributed by atoms with Gasteiger partial charge in [0.1, 0.15) is 11.9 Å². The third-order valence-electron chi connectivity index (χ3n) is 2.83. The number of H-pyrrole nitrogens is 1. The van der Waals surface area contributed by atoms with E-state index in [2.05, 4.69) is 49.9 Å². The molecule has 0 bridgehead atoms. The molecule has 1 heterocycles. The van der Waals surface area contributed by atoms with Gasteiger partial charge in [-0.1, -0.05) is 13.8 Å². The quantitative estimate of drug-likeness (QED) is 0.840. The fourth-order valence-electron chi connectivity index (χ4n) is 1.88. The van der Waals surface area contributed by atoms with Crippen molar-refractivity contribution in [2.24, 2.45) is 5.92 Å². The Hall–Kier alpha value is -1.20. The number of ether oxygens (including phenoxy) is 1. The molecule has 5 nitrogen and oxygen atoms in total. The first-order valence-electron chi connectivity index (χ1n) is 7.19. The average molecular weight is 281 g/mol. The van der Waals surface area contributed by atoms with Crippen molar-refractivity contribution in [2.45, 2.75) is 59.7 Å². The van der Waals surface area contributed by atoms with Gasteiger partial charge in [-0.3, -0.25) is 4.79 Å². The van der Waals surface area contributed by atoms with E-state index in [1.807, 2.05) is 6.92 Å². The highest BCUT2D eigenvalue weighted by molar-refractivity contribution is 5.05. The van der Waals surface area contributed by atoms with E-state index in [4.69, 9.17) is 4.74 Å². The van der Waals surface area contributed by atoms with E-state index in [0.717, 1.165) is 5.69 Å². The molecule has 0 saturated carbocycles. The number of aromatic nitrogens is 2. The topological polar surface area (TPSA) is 67.0 Å². The van der Waals surface area contributed by atoms with Gasteiger partial charge >= 0.3 is 0 Å². The molecule has 1 atom stereocenters. The van der Waals surface area contributed by atoms with Crippen LogP contribution in [0, 0.1) is 5.92 Å². The molecule has 1 aromatic rings. The molecule has 0 aliphatic carbocycles.